The summed E-state index contributed by atoms with van der Waals surface area (Å²) in [6.07, 6.45) is 2.69. The molecule has 1 rings (SSSR count). The van der Waals surface area contributed by atoms with Crippen molar-refractivity contribution in [1.29, 1.82) is 0 Å². The first kappa shape index (κ1) is 24.0. The van der Waals surface area contributed by atoms with Crippen LogP contribution in [-0.4, -0.2) is 58.7 Å². The molecule has 0 unspecified atom stereocenters. The average molecular weight is 488 g/mol. The van der Waals surface area contributed by atoms with Gasteiger partial charge in [0, 0.05) is 49.4 Å². The van der Waals surface area contributed by atoms with Gasteiger partial charge in [0.15, 0.2) is 39.3 Å². The zero-order valence-corrected chi connectivity index (χ0v) is 20.3. The van der Waals surface area contributed by atoms with Crippen molar-refractivity contribution in [1.82, 2.24) is 0 Å². The summed E-state index contributed by atoms with van der Waals surface area (Å²) in [6, 6.07) is 0.539. The van der Waals surface area contributed by atoms with Gasteiger partial charge in [0.2, 0.25) is 0 Å². The molecular weight excluding hydrogens is 474 g/mol. The van der Waals surface area contributed by atoms with E-state index in [4.69, 9.17) is 0 Å². The summed E-state index contributed by atoms with van der Waals surface area (Å²) in [4.78, 5) is -4.08. The monoisotopic (exact) mass is 486 g/mol. The van der Waals surface area contributed by atoms with Crippen LogP contribution < -0.4 is 0 Å². The third-order valence-electron chi connectivity index (χ3n) is 2.68. The quantitative estimate of drug-likeness (QED) is 0.447. The van der Waals surface area contributed by atoms with E-state index in [1.165, 1.54) is 0 Å². The average Bonchev–Trinajstić information content (AvgIpc) is 2.20. The second kappa shape index (κ2) is 6.95. The Hall–Kier alpha value is -0.00662. The van der Waals surface area contributed by atoms with E-state index in [-0.39, 0.29) is 19.5 Å². The Balaban J connectivity index is 0.00000529. The molecule has 24 heavy (non-hydrogen) atoms. The Morgan fingerprint density at radius 3 is 1.04 bits per heavy atom. The van der Waals surface area contributed by atoms with Gasteiger partial charge in [-0.15, -0.1) is 12.6 Å². The van der Waals surface area contributed by atoms with Gasteiger partial charge in [-0.25, -0.2) is 33.7 Å². The van der Waals surface area contributed by atoms with Crippen LogP contribution in [0.15, 0.2) is 30.5 Å². The Bertz CT molecular complexity index is 1010. The smallest absolute Gasteiger partial charge is 0.177 e. The van der Waals surface area contributed by atoms with Crippen molar-refractivity contribution >= 4 is 52.0 Å². The summed E-state index contributed by atoms with van der Waals surface area (Å²) in [6.45, 7) is 0. The van der Waals surface area contributed by atoms with Crippen LogP contribution in [-0.2, 0) is 58.8 Å². The summed E-state index contributed by atoms with van der Waals surface area (Å²) >= 11 is 3.81. The molecule has 0 aromatic heterocycles. The molecule has 1 aromatic rings. The van der Waals surface area contributed by atoms with Crippen molar-refractivity contribution in [2.24, 2.45) is 0 Å². The molecule has 14 heteroatoms. The summed E-state index contributed by atoms with van der Waals surface area (Å²) in [5.41, 5.74) is 0. The Morgan fingerprint density at radius 2 is 0.875 bits per heavy atom. The predicted octanol–water partition coefficient (Wildman–Crippen LogP) is -0.413. The molecule has 0 spiro atoms. The van der Waals surface area contributed by atoms with E-state index in [0.717, 1.165) is 0 Å². The molecule has 0 saturated heterocycles. The van der Waals surface area contributed by atoms with Crippen molar-refractivity contribution in [3.63, 3.8) is 0 Å². The Kier molecular flexibility index (Phi) is 6.95. The van der Waals surface area contributed by atoms with Crippen LogP contribution >= 0.6 is 12.6 Å². The maximum Gasteiger partial charge on any atom is 0.177 e. The van der Waals surface area contributed by atoms with Crippen molar-refractivity contribution in [3.05, 3.63) is 6.07 Å². The minimum Gasteiger partial charge on any atom is -0.224 e. The van der Waals surface area contributed by atoms with Gasteiger partial charge in [0.1, 0.15) is 0 Å². The van der Waals surface area contributed by atoms with Crippen LogP contribution in [0.25, 0.3) is 0 Å². The maximum atomic E-state index is 11.9. The van der Waals surface area contributed by atoms with Crippen molar-refractivity contribution in [3.8, 4) is 0 Å². The van der Waals surface area contributed by atoms with E-state index in [9.17, 15) is 33.7 Å². The van der Waals surface area contributed by atoms with Crippen LogP contribution in [0, 0.1) is 0 Å². The second-order valence-electron chi connectivity index (χ2n) is 4.97. The summed E-state index contributed by atoms with van der Waals surface area (Å²) < 4.78 is 95.0. The zero-order valence-electron chi connectivity index (χ0n) is 13.1. The van der Waals surface area contributed by atoms with E-state index in [2.05, 4.69) is 12.6 Å². The molecule has 0 aliphatic heterocycles. The molecule has 8 nitrogen and oxygen atoms in total. The summed E-state index contributed by atoms with van der Waals surface area (Å²) in [5, 5.41) is 0. The van der Waals surface area contributed by atoms with Gasteiger partial charge in [0.05, 0.1) is 19.6 Å². The van der Waals surface area contributed by atoms with Crippen molar-refractivity contribution < 1.29 is 53.1 Å². The topological polar surface area (TPSA) is 137 Å². The van der Waals surface area contributed by atoms with Crippen molar-refractivity contribution in [2.75, 3.05) is 25.0 Å². The van der Waals surface area contributed by atoms with Gasteiger partial charge in [0.25, 0.3) is 0 Å². The van der Waals surface area contributed by atoms with E-state index in [1.54, 1.807) is 0 Å². The molecule has 0 aliphatic carbocycles. The Morgan fingerprint density at radius 1 is 0.625 bits per heavy atom. The SMILES string of the molecule is CS(=O)(=O)c1cc(S(C)(=O)=O)c(S(C)(=O)=O)c(S)c1S(C)(=O)=O.[Zn]. The van der Waals surface area contributed by atoms with E-state index >= 15 is 0 Å². The number of rotatable bonds is 4. The number of thiol groups is 1. The molecule has 134 valence electrons. The molecular formula is C10H14O8S5Zn. The Labute approximate surface area is 159 Å². The molecule has 0 N–H and O–H groups in total. The fourth-order valence-corrected chi connectivity index (χ4v) is 8.49. The fraction of sp³-hybridized carbons (Fsp3) is 0.400. The van der Waals surface area contributed by atoms with Gasteiger partial charge in [-0.2, -0.15) is 0 Å². The predicted molar refractivity (Wildman–Crippen MR) is 86.1 cm³/mol. The number of hydrogen-bond donors (Lipinski definition) is 1. The van der Waals surface area contributed by atoms with Crippen molar-refractivity contribution in [2.45, 2.75) is 24.5 Å². The molecule has 0 fully saturated rings. The van der Waals surface area contributed by atoms with Crippen LogP contribution in [0.4, 0.5) is 0 Å². The zero-order chi connectivity index (χ0) is 18.6. The number of sulfone groups is 4. The summed E-state index contributed by atoms with van der Waals surface area (Å²) in [5.74, 6) is 0. The van der Waals surface area contributed by atoms with Gasteiger partial charge in [-0.1, -0.05) is 0 Å². The number of hydrogen-bond acceptors (Lipinski definition) is 9. The third kappa shape index (κ3) is 5.01. The number of benzene rings is 1. The van der Waals surface area contributed by atoms with Crippen LogP contribution in [0.3, 0.4) is 0 Å². The first-order chi connectivity index (χ1) is 9.88. The maximum absolute atomic E-state index is 11.9. The molecule has 0 saturated carbocycles. The molecule has 0 heterocycles. The standard InChI is InChI=1S/C10H14O8S5.Zn/c1-20(11,12)6-5-7(21(2,13)14)10(23(4,17)18)8(19)9(6)22(3,15)16;/h5,19H,1-4H3;. The minimum atomic E-state index is -4.21. The largest absolute Gasteiger partial charge is 0.224 e. The molecule has 0 bridgehead atoms. The van der Waals surface area contributed by atoms with E-state index < -0.39 is 63.8 Å². The van der Waals surface area contributed by atoms with Crippen LogP contribution in [0.5, 0.6) is 0 Å². The second-order valence-corrected chi connectivity index (χ2v) is 13.3. The van der Waals surface area contributed by atoms with Crippen LogP contribution in [0.1, 0.15) is 0 Å². The van der Waals surface area contributed by atoms with Gasteiger partial charge < -0.3 is 0 Å². The van der Waals surface area contributed by atoms with Gasteiger partial charge in [-0.3, -0.25) is 0 Å². The normalized spacial score (nSPS) is 13.4. The summed E-state index contributed by atoms with van der Waals surface area (Å²) in [7, 11) is -16.8. The third-order valence-corrected chi connectivity index (χ3v) is 8.26. The molecule has 1 aromatic carbocycles. The van der Waals surface area contributed by atoms with E-state index in [1.807, 2.05) is 0 Å². The first-order valence-electron chi connectivity index (χ1n) is 5.58. The first-order valence-corrected chi connectivity index (χ1v) is 13.6. The molecule has 0 amide bonds. The van der Waals surface area contributed by atoms with E-state index in [0.29, 0.717) is 31.1 Å². The minimum absolute atomic E-state index is 0. The van der Waals surface area contributed by atoms with Gasteiger partial charge in [-0.05, 0) is 6.07 Å². The van der Waals surface area contributed by atoms with Crippen LogP contribution in [0.2, 0.25) is 0 Å². The fourth-order valence-electron chi connectivity index (χ4n) is 1.85. The molecule has 0 atom stereocenters. The van der Waals surface area contributed by atoms with Gasteiger partial charge >= 0.3 is 0 Å². The molecule has 0 radical (unpaired) electrons. The molecule has 0 aliphatic rings.